The SMILES string of the molecule is CCCCNC(=O)c1ccc2c(c1)N(Cc1ccc(C)cc1)C(=O)c1ccccc1S2. The molecule has 4 nitrogen and oxygen atoms in total. The standard InChI is InChI=1S/C26H26N2O2S/c1-3-4-15-27-25(29)20-13-14-24-22(16-20)28(17-19-11-9-18(2)10-12-19)26(30)21-7-5-6-8-23(21)31-24/h5-14,16H,3-4,15,17H2,1-2H3,(H,27,29). The molecule has 0 radical (unpaired) electrons. The maximum absolute atomic E-state index is 13.6. The van der Waals surface area contributed by atoms with Gasteiger partial charge in [0.2, 0.25) is 0 Å². The normalized spacial score (nSPS) is 12.7. The van der Waals surface area contributed by atoms with E-state index in [1.54, 1.807) is 16.7 Å². The van der Waals surface area contributed by atoms with Gasteiger partial charge in [-0.15, -0.1) is 0 Å². The van der Waals surface area contributed by atoms with E-state index >= 15 is 0 Å². The molecule has 2 amide bonds. The van der Waals surface area contributed by atoms with Crippen LogP contribution in [0.1, 0.15) is 51.6 Å². The molecular formula is C26H26N2O2S. The Morgan fingerprint density at radius 3 is 2.55 bits per heavy atom. The van der Waals surface area contributed by atoms with Crippen LogP contribution in [0.4, 0.5) is 5.69 Å². The van der Waals surface area contributed by atoms with E-state index in [0.29, 0.717) is 24.2 Å². The topological polar surface area (TPSA) is 49.4 Å². The number of nitrogens with one attached hydrogen (secondary N) is 1. The first kappa shape index (κ1) is 21.2. The Kier molecular flexibility index (Phi) is 6.42. The number of aryl methyl sites for hydroxylation is 1. The molecule has 1 heterocycles. The fraction of sp³-hybridized carbons (Fsp3) is 0.231. The lowest BCUT2D eigenvalue weighted by Crippen LogP contribution is -2.31. The van der Waals surface area contributed by atoms with Crippen LogP contribution in [0.3, 0.4) is 0 Å². The molecule has 0 atom stereocenters. The van der Waals surface area contributed by atoms with E-state index in [9.17, 15) is 9.59 Å². The molecule has 4 rings (SSSR count). The number of fused-ring (bicyclic) bond motifs is 2. The first-order valence-electron chi connectivity index (χ1n) is 10.6. The third-order valence-corrected chi connectivity index (χ3v) is 6.51. The highest BCUT2D eigenvalue weighted by Gasteiger charge is 2.28. The van der Waals surface area contributed by atoms with Crippen molar-refractivity contribution in [2.24, 2.45) is 0 Å². The van der Waals surface area contributed by atoms with E-state index in [1.807, 2.05) is 61.5 Å². The zero-order valence-corrected chi connectivity index (χ0v) is 18.7. The Morgan fingerprint density at radius 1 is 1.00 bits per heavy atom. The lowest BCUT2D eigenvalue weighted by Gasteiger charge is -2.24. The monoisotopic (exact) mass is 430 g/mol. The average Bonchev–Trinajstić information content (AvgIpc) is 2.90. The number of carbonyl (C=O) groups excluding carboxylic acids is 2. The Hall–Kier alpha value is -3.05. The maximum atomic E-state index is 13.6. The molecule has 31 heavy (non-hydrogen) atoms. The van der Waals surface area contributed by atoms with E-state index < -0.39 is 0 Å². The first-order chi connectivity index (χ1) is 15.1. The van der Waals surface area contributed by atoms with Crippen molar-refractivity contribution in [3.63, 3.8) is 0 Å². The van der Waals surface area contributed by atoms with Crippen LogP contribution < -0.4 is 10.2 Å². The second-order valence-corrected chi connectivity index (χ2v) is 8.85. The van der Waals surface area contributed by atoms with Crippen LogP contribution in [0, 0.1) is 6.92 Å². The molecule has 0 aromatic heterocycles. The van der Waals surface area contributed by atoms with E-state index in [4.69, 9.17) is 0 Å². The number of carbonyl (C=O) groups is 2. The van der Waals surface area contributed by atoms with Crippen molar-refractivity contribution >= 4 is 29.3 Å². The summed E-state index contributed by atoms with van der Waals surface area (Å²) < 4.78 is 0. The van der Waals surface area contributed by atoms with Gasteiger partial charge in [0.1, 0.15) is 0 Å². The molecule has 0 spiro atoms. The minimum Gasteiger partial charge on any atom is -0.352 e. The molecular weight excluding hydrogens is 404 g/mol. The summed E-state index contributed by atoms with van der Waals surface area (Å²) in [6.45, 7) is 5.24. The Labute approximate surface area is 187 Å². The molecule has 0 unspecified atom stereocenters. The van der Waals surface area contributed by atoms with Gasteiger partial charge in [-0.2, -0.15) is 0 Å². The summed E-state index contributed by atoms with van der Waals surface area (Å²) in [5, 5.41) is 2.97. The highest BCUT2D eigenvalue weighted by Crippen LogP contribution is 2.42. The molecule has 0 aliphatic carbocycles. The summed E-state index contributed by atoms with van der Waals surface area (Å²) >= 11 is 1.57. The predicted molar refractivity (Wildman–Crippen MR) is 126 cm³/mol. The zero-order valence-electron chi connectivity index (χ0n) is 17.9. The lowest BCUT2D eigenvalue weighted by molar-refractivity contribution is 0.0949. The Bertz CT molecular complexity index is 1110. The second-order valence-electron chi connectivity index (χ2n) is 7.77. The number of amides is 2. The number of benzene rings is 3. The van der Waals surface area contributed by atoms with Gasteiger partial charge in [0.15, 0.2) is 0 Å². The minimum atomic E-state index is -0.106. The van der Waals surface area contributed by atoms with Gasteiger partial charge in [0.25, 0.3) is 11.8 Å². The van der Waals surface area contributed by atoms with Crippen LogP contribution in [0.25, 0.3) is 0 Å². The van der Waals surface area contributed by atoms with Crippen LogP contribution in [0.15, 0.2) is 76.5 Å². The molecule has 5 heteroatoms. The van der Waals surface area contributed by atoms with Gasteiger partial charge < -0.3 is 10.2 Å². The highest BCUT2D eigenvalue weighted by atomic mass is 32.2. The molecule has 0 saturated heterocycles. The molecule has 158 valence electrons. The largest absolute Gasteiger partial charge is 0.352 e. The van der Waals surface area contributed by atoms with Crippen LogP contribution >= 0.6 is 11.8 Å². The quantitative estimate of drug-likeness (QED) is 0.500. The summed E-state index contributed by atoms with van der Waals surface area (Å²) in [5.74, 6) is -0.156. The van der Waals surface area contributed by atoms with Crippen LogP contribution in [-0.2, 0) is 6.54 Å². The Balaban J connectivity index is 1.74. The number of hydrogen-bond donors (Lipinski definition) is 1. The third-order valence-electron chi connectivity index (χ3n) is 5.37. The van der Waals surface area contributed by atoms with Gasteiger partial charge in [-0.3, -0.25) is 9.59 Å². The molecule has 3 aromatic rings. The van der Waals surface area contributed by atoms with Gasteiger partial charge in [0, 0.05) is 21.9 Å². The van der Waals surface area contributed by atoms with Crippen molar-refractivity contribution in [3.05, 3.63) is 89.0 Å². The number of hydrogen-bond acceptors (Lipinski definition) is 3. The van der Waals surface area contributed by atoms with Crippen LogP contribution in [0.2, 0.25) is 0 Å². The number of anilines is 1. The van der Waals surface area contributed by atoms with E-state index in [2.05, 4.69) is 24.4 Å². The van der Waals surface area contributed by atoms with Crippen LogP contribution in [-0.4, -0.2) is 18.4 Å². The smallest absolute Gasteiger partial charge is 0.259 e. The van der Waals surface area contributed by atoms with Crippen molar-refractivity contribution in [2.75, 3.05) is 11.4 Å². The summed E-state index contributed by atoms with van der Waals surface area (Å²) in [5.41, 5.74) is 4.26. The van der Waals surface area contributed by atoms with E-state index in [0.717, 1.165) is 33.9 Å². The fourth-order valence-electron chi connectivity index (χ4n) is 3.58. The molecule has 1 aliphatic rings. The minimum absolute atomic E-state index is 0.0500. The van der Waals surface area contributed by atoms with Crippen molar-refractivity contribution < 1.29 is 9.59 Å². The van der Waals surface area contributed by atoms with Crippen molar-refractivity contribution in [1.82, 2.24) is 5.32 Å². The van der Waals surface area contributed by atoms with E-state index in [1.165, 1.54) is 5.56 Å². The average molecular weight is 431 g/mol. The van der Waals surface area contributed by atoms with Gasteiger partial charge in [-0.25, -0.2) is 0 Å². The maximum Gasteiger partial charge on any atom is 0.259 e. The molecule has 0 saturated carbocycles. The molecule has 0 fully saturated rings. The Morgan fingerprint density at radius 2 is 1.77 bits per heavy atom. The van der Waals surface area contributed by atoms with E-state index in [-0.39, 0.29) is 11.8 Å². The zero-order chi connectivity index (χ0) is 21.8. The lowest BCUT2D eigenvalue weighted by atomic mass is 10.1. The molecule has 0 bridgehead atoms. The first-order valence-corrected chi connectivity index (χ1v) is 11.4. The van der Waals surface area contributed by atoms with Gasteiger partial charge in [-0.05, 0) is 49.2 Å². The summed E-state index contributed by atoms with van der Waals surface area (Å²) in [7, 11) is 0. The highest BCUT2D eigenvalue weighted by molar-refractivity contribution is 7.99. The van der Waals surface area contributed by atoms with Crippen molar-refractivity contribution in [1.29, 1.82) is 0 Å². The third kappa shape index (κ3) is 4.67. The number of unbranched alkanes of at least 4 members (excludes halogenated alkanes) is 1. The second kappa shape index (κ2) is 9.40. The van der Waals surface area contributed by atoms with Gasteiger partial charge in [0.05, 0.1) is 17.8 Å². The number of rotatable bonds is 6. The van der Waals surface area contributed by atoms with Crippen LogP contribution in [0.5, 0.6) is 0 Å². The molecule has 3 aromatic carbocycles. The summed E-state index contributed by atoms with van der Waals surface area (Å²) in [4.78, 5) is 29.9. The van der Waals surface area contributed by atoms with Gasteiger partial charge in [-0.1, -0.05) is 67.1 Å². The number of nitrogens with zero attached hydrogens (tertiary/aromatic N) is 1. The van der Waals surface area contributed by atoms with Crippen molar-refractivity contribution in [3.8, 4) is 0 Å². The predicted octanol–water partition coefficient (Wildman–Crippen LogP) is 5.84. The fourth-order valence-corrected chi connectivity index (χ4v) is 4.63. The summed E-state index contributed by atoms with van der Waals surface area (Å²) in [6, 6.07) is 21.5. The summed E-state index contributed by atoms with van der Waals surface area (Å²) in [6.07, 6.45) is 1.97. The molecule has 1 N–H and O–H groups in total. The van der Waals surface area contributed by atoms with Crippen molar-refractivity contribution in [2.45, 2.75) is 43.0 Å². The van der Waals surface area contributed by atoms with Gasteiger partial charge >= 0.3 is 0 Å². The molecule has 1 aliphatic heterocycles.